The van der Waals surface area contributed by atoms with Crippen molar-refractivity contribution in [3.05, 3.63) is 249 Å². The van der Waals surface area contributed by atoms with Gasteiger partial charge in [0.1, 0.15) is 0 Å². The number of aryl methyl sites for hydroxylation is 3. The van der Waals surface area contributed by atoms with Crippen LogP contribution in [0.4, 0.5) is 0 Å². The van der Waals surface area contributed by atoms with Crippen LogP contribution in [0.15, 0.2) is 188 Å². The zero-order valence-electron chi connectivity index (χ0n) is 39.3. The van der Waals surface area contributed by atoms with Crippen molar-refractivity contribution in [2.24, 2.45) is 0 Å². The molecule has 0 N–H and O–H groups in total. The van der Waals surface area contributed by atoms with Gasteiger partial charge in [-0.15, -0.1) is 0 Å². The lowest BCUT2D eigenvalue weighted by atomic mass is 9.69. The average Bonchev–Trinajstić information content (AvgIpc) is 3.85. The smallest absolute Gasteiger partial charge is 0.0728 e. The van der Waals surface area contributed by atoms with Gasteiger partial charge in [-0.2, -0.15) is 0 Å². The van der Waals surface area contributed by atoms with Crippen molar-refractivity contribution in [1.82, 2.24) is 0 Å². The summed E-state index contributed by atoms with van der Waals surface area (Å²) in [6, 6.07) is 64.2. The van der Waals surface area contributed by atoms with Gasteiger partial charge < -0.3 is 0 Å². The molecule has 0 unspecified atom stereocenters. The van der Waals surface area contributed by atoms with E-state index in [0.717, 1.165) is 0 Å². The zero-order chi connectivity index (χ0) is 45.2. The van der Waals surface area contributed by atoms with Gasteiger partial charge in [0.15, 0.2) is 0 Å². The molecule has 0 saturated carbocycles. The monoisotopic (exact) mass is 852 g/mol. The van der Waals surface area contributed by atoms with E-state index >= 15 is 0 Å². The van der Waals surface area contributed by atoms with Crippen LogP contribution in [0.3, 0.4) is 0 Å². The van der Waals surface area contributed by atoms with Crippen molar-refractivity contribution in [3.8, 4) is 33.4 Å². The van der Waals surface area contributed by atoms with Gasteiger partial charge in [-0.25, -0.2) is 0 Å². The van der Waals surface area contributed by atoms with Gasteiger partial charge in [-0.1, -0.05) is 238 Å². The van der Waals surface area contributed by atoms with Crippen molar-refractivity contribution < 1.29 is 0 Å². The van der Waals surface area contributed by atoms with Crippen LogP contribution in [0.25, 0.3) is 67.1 Å². The molecular weight excluding hydrogens is 793 g/mol. The minimum absolute atomic E-state index is 0.190. The molecule has 0 radical (unpaired) electrons. The van der Waals surface area contributed by atoms with Crippen molar-refractivity contribution in [1.29, 1.82) is 0 Å². The predicted octanol–water partition coefficient (Wildman–Crippen LogP) is 18.0. The van der Waals surface area contributed by atoms with Gasteiger partial charge in [-0.3, -0.25) is 0 Å². The van der Waals surface area contributed by atoms with Gasteiger partial charge in [0.05, 0.1) is 5.41 Å². The second-order valence-electron chi connectivity index (χ2n) is 18.5. The Labute approximate surface area is 393 Å². The summed E-state index contributed by atoms with van der Waals surface area (Å²) < 4.78 is 0. The second kappa shape index (κ2) is 18.5. The molecule has 0 atom stereocenters. The van der Waals surface area contributed by atoms with E-state index in [2.05, 4.69) is 235 Å². The van der Waals surface area contributed by atoms with E-state index < -0.39 is 0 Å². The van der Waals surface area contributed by atoms with Crippen LogP contribution in [0.2, 0.25) is 0 Å². The molecule has 9 aromatic carbocycles. The molecule has 0 fully saturated rings. The summed E-state index contributed by atoms with van der Waals surface area (Å²) in [4.78, 5) is 0. The lowest BCUT2D eigenvalue weighted by molar-refractivity contribution is 0.786. The van der Waals surface area contributed by atoms with Crippen LogP contribution in [-0.2, 0) is 18.3 Å². The quantitative estimate of drug-likeness (QED) is 0.163. The fourth-order valence-corrected chi connectivity index (χ4v) is 11.2. The zero-order valence-corrected chi connectivity index (χ0v) is 39.3. The number of allylic oxidation sites excluding steroid dienone is 2. The van der Waals surface area contributed by atoms with E-state index in [0.29, 0.717) is 0 Å². The average molecular weight is 853 g/mol. The Hall–Kier alpha value is -7.02. The molecule has 13 rings (SSSR count). The van der Waals surface area contributed by atoms with Crippen LogP contribution in [-0.4, -0.2) is 0 Å². The highest BCUT2D eigenvalue weighted by atomic mass is 14.5. The lowest BCUT2D eigenvalue weighted by Crippen LogP contribution is -2.26. The fourth-order valence-electron chi connectivity index (χ4n) is 11.2. The summed E-state index contributed by atoms with van der Waals surface area (Å²) >= 11 is 0. The molecule has 0 heteroatoms. The molecule has 0 amide bonds. The van der Waals surface area contributed by atoms with Crippen LogP contribution >= 0.6 is 0 Å². The van der Waals surface area contributed by atoms with Crippen LogP contribution in [0.1, 0.15) is 101 Å². The molecule has 0 aliphatic heterocycles. The van der Waals surface area contributed by atoms with E-state index in [-0.39, 0.29) is 5.41 Å². The Morgan fingerprint density at radius 3 is 1.52 bits per heavy atom. The highest BCUT2D eigenvalue weighted by Crippen LogP contribution is 2.63. The van der Waals surface area contributed by atoms with E-state index in [1.54, 1.807) is 11.1 Å². The number of hydrogen-bond donors (Lipinski definition) is 0. The first-order valence-corrected chi connectivity index (χ1v) is 24.3. The Balaban J connectivity index is 0.000000114. The summed E-state index contributed by atoms with van der Waals surface area (Å²) in [6.45, 7) is 10.9. The molecule has 0 heterocycles. The molecule has 4 aliphatic carbocycles. The topological polar surface area (TPSA) is 0 Å². The lowest BCUT2D eigenvalue weighted by Gasteiger charge is -2.31. The van der Waals surface area contributed by atoms with Gasteiger partial charge >= 0.3 is 0 Å². The van der Waals surface area contributed by atoms with E-state index in [4.69, 9.17) is 0 Å². The molecule has 66 heavy (non-hydrogen) atoms. The largest absolute Gasteiger partial charge is 0.0836 e. The predicted molar refractivity (Wildman–Crippen MR) is 286 cm³/mol. The highest BCUT2D eigenvalue weighted by molar-refractivity contribution is 6.01. The number of hydrogen-bond acceptors (Lipinski definition) is 0. The number of fused-ring (bicyclic) bond motifs is 17. The fraction of sp³-hybridized carbons (Fsp3) is 0.182. The third-order valence-electron chi connectivity index (χ3n) is 14.3. The summed E-state index contributed by atoms with van der Waals surface area (Å²) in [5.74, 6) is 0. The molecule has 0 aromatic heterocycles. The third-order valence-corrected chi connectivity index (χ3v) is 14.3. The van der Waals surface area contributed by atoms with E-state index in [1.807, 2.05) is 0 Å². The number of benzene rings is 9. The van der Waals surface area contributed by atoms with Gasteiger partial charge in [0.25, 0.3) is 0 Å². The third kappa shape index (κ3) is 7.43. The Morgan fingerprint density at radius 1 is 0.409 bits per heavy atom. The molecule has 0 nitrogen and oxygen atoms in total. The highest BCUT2D eigenvalue weighted by Gasteiger charge is 2.52. The molecule has 324 valence electrons. The van der Waals surface area contributed by atoms with Gasteiger partial charge in [0.2, 0.25) is 0 Å². The standard InChI is InChI=1S/C26H18.C19H18.C17H14.C4H10/c1-17-9-8-13-21-20-12-4-7-16-24(20)26(25(17)21)22-14-5-2-10-18(22)19-11-3-6-15-23(19)26;1-13-10-11-18-16-8-3-2-6-14(16)15-7-4-5-9-17(15)19(18)12-13;1-13-9-11-15(12-10-13)17-8-4-6-14-5-2-3-7-16(14)17;1-3-4-2/h2-16H,1H3;3,5,8-12H,2,4,6-7H2,1H3;2-12H,1H3;3-4H2,1-2H3. The first-order valence-electron chi connectivity index (χ1n) is 24.3. The van der Waals surface area contributed by atoms with Gasteiger partial charge in [-0.05, 0) is 151 Å². The summed E-state index contributed by atoms with van der Waals surface area (Å²) in [6.07, 6.45) is 16.8. The minimum Gasteiger partial charge on any atom is -0.0836 e. The van der Waals surface area contributed by atoms with E-state index in [9.17, 15) is 0 Å². The number of rotatable bonds is 2. The molecular formula is C66H60. The summed E-state index contributed by atoms with van der Waals surface area (Å²) in [5.41, 5.74) is 23.8. The molecule has 1 spiro atoms. The Kier molecular flexibility index (Phi) is 12.0. The molecule has 9 aromatic rings. The maximum Gasteiger partial charge on any atom is 0.0728 e. The SMILES string of the molecule is CCCC.Cc1ccc(-c2cccc3ccccc23)cc1.Cc1ccc2c3c(c4c(c2c1)C=CCC4)CCC=C3.Cc1cccc2c1C1(c3ccccc3-c3ccccc31)c1ccccc1-2. The van der Waals surface area contributed by atoms with Crippen LogP contribution in [0.5, 0.6) is 0 Å². The summed E-state index contributed by atoms with van der Waals surface area (Å²) in [7, 11) is 0. The first-order chi connectivity index (χ1) is 32.4. The van der Waals surface area contributed by atoms with Crippen molar-refractivity contribution in [2.75, 3.05) is 0 Å². The van der Waals surface area contributed by atoms with Crippen molar-refractivity contribution >= 4 is 33.7 Å². The van der Waals surface area contributed by atoms with Crippen molar-refractivity contribution in [3.63, 3.8) is 0 Å². The van der Waals surface area contributed by atoms with Crippen LogP contribution < -0.4 is 0 Å². The maximum atomic E-state index is 2.35. The first kappa shape index (κ1) is 42.9. The van der Waals surface area contributed by atoms with E-state index in [1.165, 1.54) is 144 Å². The van der Waals surface area contributed by atoms with Crippen molar-refractivity contribution in [2.45, 2.75) is 78.6 Å². The Bertz CT molecular complexity index is 3230. The van der Waals surface area contributed by atoms with Crippen LogP contribution in [0, 0.1) is 20.8 Å². The maximum absolute atomic E-state index is 2.35. The second-order valence-corrected chi connectivity index (χ2v) is 18.5. The van der Waals surface area contributed by atoms with Gasteiger partial charge in [0, 0.05) is 0 Å². The molecule has 0 saturated heterocycles. The molecule has 0 bridgehead atoms. The Morgan fingerprint density at radius 2 is 0.894 bits per heavy atom. The molecule has 4 aliphatic rings. The normalized spacial score (nSPS) is 13.7. The summed E-state index contributed by atoms with van der Waals surface area (Å²) in [5, 5.41) is 5.49. The minimum atomic E-state index is -0.190. The number of unbranched alkanes of at least 4 members (excludes halogenated alkanes) is 1.